The fraction of sp³-hybridized carbons (Fsp3) is 0.917. The second-order valence-corrected chi connectivity index (χ2v) is 5.25. The molecule has 1 heterocycles. The van der Waals surface area contributed by atoms with Crippen LogP contribution in [0.4, 0.5) is 0 Å². The molecule has 86 valence electrons. The summed E-state index contributed by atoms with van der Waals surface area (Å²) in [7, 11) is 0. The van der Waals surface area contributed by atoms with Crippen molar-refractivity contribution < 1.29 is 4.79 Å². The van der Waals surface area contributed by atoms with Gasteiger partial charge in [0, 0.05) is 24.5 Å². The number of hydrogen-bond acceptors (Lipinski definition) is 2. The third-order valence-electron chi connectivity index (χ3n) is 3.96. The fourth-order valence-electron chi connectivity index (χ4n) is 3.17. The van der Waals surface area contributed by atoms with E-state index in [0.29, 0.717) is 17.9 Å². The Kier molecular flexibility index (Phi) is 3.01. The van der Waals surface area contributed by atoms with Gasteiger partial charge in [-0.3, -0.25) is 4.79 Å². The van der Waals surface area contributed by atoms with Crippen molar-refractivity contribution in [2.75, 3.05) is 6.54 Å². The highest BCUT2D eigenvalue weighted by Crippen LogP contribution is 2.37. The molecule has 2 fully saturated rings. The molecule has 1 aliphatic carbocycles. The molecule has 2 aliphatic rings. The molecule has 2 bridgehead atoms. The first-order chi connectivity index (χ1) is 7.13. The first kappa shape index (κ1) is 10.9. The molecule has 0 radical (unpaired) electrons. The molecular weight excluding hydrogens is 188 g/mol. The van der Waals surface area contributed by atoms with Crippen LogP contribution in [0, 0.1) is 11.8 Å². The zero-order valence-electron chi connectivity index (χ0n) is 9.78. The second-order valence-electron chi connectivity index (χ2n) is 5.25. The van der Waals surface area contributed by atoms with Gasteiger partial charge in [0.05, 0.1) is 0 Å². The topological polar surface area (TPSA) is 46.3 Å². The second kappa shape index (κ2) is 4.12. The van der Waals surface area contributed by atoms with E-state index in [0.717, 1.165) is 32.2 Å². The molecule has 1 amide bonds. The molecule has 1 saturated carbocycles. The molecule has 0 aromatic heterocycles. The van der Waals surface area contributed by atoms with Crippen LogP contribution >= 0.6 is 0 Å². The monoisotopic (exact) mass is 210 g/mol. The van der Waals surface area contributed by atoms with Crippen LogP contribution in [0.3, 0.4) is 0 Å². The Morgan fingerprint density at radius 1 is 1.53 bits per heavy atom. The van der Waals surface area contributed by atoms with Crippen LogP contribution in [0.1, 0.15) is 39.5 Å². The quantitative estimate of drug-likeness (QED) is 0.764. The van der Waals surface area contributed by atoms with E-state index < -0.39 is 0 Å². The Morgan fingerprint density at radius 3 is 2.80 bits per heavy atom. The molecule has 2 N–H and O–H groups in total. The molecule has 1 saturated heterocycles. The third kappa shape index (κ3) is 1.89. The zero-order valence-corrected chi connectivity index (χ0v) is 9.78. The molecule has 3 nitrogen and oxygen atoms in total. The largest absolute Gasteiger partial charge is 0.338 e. The van der Waals surface area contributed by atoms with Gasteiger partial charge in [-0.1, -0.05) is 20.3 Å². The predicted octanol–water partition coefficient (Wildman–Crippen LogP) is 1.37. The van der Waals surface area contributed by atoms with Crippen molar-refractivity contribution >= 4 is 5.91 Å². The lowest BCUT2D eigenvalue weighted by Crippen LogP contribution is -2.49. The number of nitrogens with zero attached hydrogens (tertiary/aromatic N) is 1. The highest BCUT2D eigenvalue weighted by Gasteiger charge is 2.45. The Morgan fingerprint density at radius 2 is 2.27 bits per heavy atom. The fourth-order valence-corrected chi connectivity index (χ4v) is 3.17. The van der Waals surface area contributed by atoms with Gasteiger partial charge >= 0.3 is 0 Å². The van der Waals surface area contributed by atoms with Gasteiger partial charge in [0.1, 0.15) is 0 Å². The molecule has 4 atom stereocenters. The highest BCUT2D eigenvalue weighted by molar-refractivity contribution is 5.79. The summed E-state index contributed by atoms with van der Waals surface area (Å²) in [6.45, 7) is 5.14. The maximum Gasteiger partial charge on any atom is 0.225 e. The predicted molar refractivity (Wildman–Crippen MR) is 60.3 cm³/mol. The van der Waals surface area contributed by atoms with Gasteiger partial charge in [-0.15, -0.1) is 0 Å². The van der Waals surface area contributed by atoms with E-state index in [-0.39, 0.29) is 12.0 Å². The van der Waals surface area contributed by atoms with E-state index >= 15 is 0 Å². The molecule has 3 heteroatoms. The van der Waals surface area contributed by atoms with E-state index in [1.165, 1.54) is 0 Å². The van der Waals surface area contributed by atoms with Crippen molar-refractivity contribution in [3.63, 3.8) is 0 Å². The summed E-state index contributed by atoms with van der Waals surface area (Å²) in [6.07, 6.45) is 4.35. The van der Waals surface area contributed by atoms with Crippen molar-refractivity contribution in [2.24, 2.45) is 17.6 Å². The Bertz CT molecular complexity index is 254. The lowest BCUT2D eigenvalue weighted by molar-refractivity contribution is -0.137. The van der Waals surface area contributed by atoms with Gasteiger partial charge in [0.15, 0.2) is 0 Å². The van der Waals surface area contributed by atoms with Crippen LogP contribution in [0.25, 0.3) is 0 Å². The number of piperidine rings is 1. The molecule has 4 unspecified atom stereocenters. The number of carbonyl (C=O) groups excluding carboxylic acids is 1. The summed E-state index contributed by atoms with van der Waals surface area (Å²) in [5, 5.41) is 0. The molecular formula is C12H22N2O. The minimum atomic E-state index is 0.182. The number of amides is 1. The van der Waals surface area contributed by atoms with Gasteiger partial charge < -0.3 is 10.6 Å². The van der Waals surface area contributed by atoms with Crippen molar-refractivity contribution in [3.05, 3.63) is 0 Å². The van der Waals surface area contributed by atoms with E-state index in [4.69, 9.17) is 5.73 Å². The molecule has 0 aromatic rings. The van der Waals surface area contributed by atoms with Crippen LogP contribution in [-0.2, 0) is 4.79 Å². The number of fused-ring (bicyclic) bond motifs is 2. The molecule has 2 rings (SSSR count). The Labute approximate surface area is 92.0 Å². The summed E-state index contributed by atoms with van der Waals surface area (Å²) < 4.78 is 0. The summed E-state index contributed by atoms with van der Waals surface area (Å²) in [4.78, 5) is 14.2. The first-order valence-corrected chi connectivity index (χ1v) is 6.19. The smallest absolute Gasteiger partial charge is 0.225 e. The molecule has 0 spiro atoms. The minimum absolute atomic E-state index is 0.182. The van der Waals surface area contributed by atoms with Crippen LogP contribution in [0.5, 0.6) is 0 Å². The first-order valence-electron chi connectivity index (χ1n) is 6.19. The maximum absolute atomic E-state index is 12.1. The third-order valence-corrected chi connectivity index (χ3v) is 3.96. The van der Waals surface area contributed by atoms with Crippen LogP contribution in [0.2, 0.25) is 0 Å². The van der Waals surface area contributed by atoms with Crippen molar-refractivity contribution in [1.29, 1.82) is 0 Å². The molecule has 0 aromatic carbocycles. The van der Waals surface area contributed by atoms with Gasteiger partial charge in [-0.2, -0.15) is 0 Å². The van der Waals surface area contributed by atoms with Crippen LogP contribution in [-0.4, -0.2) is 29.4 Å². The van der Waals surface area contributed by atoms with E-state index in [2.05, 4.69) is 11.8 Å². The minimum Gasteiger partial charge on any atom is -0.338 e. The van der Waals surface area contributed by atoms with E-state index in [1.54, 1.807) is 0 Å². The van der Waals surface area contributed by atoms with E-state index in [9.17, 15) is 4.79 Å². The SMILES string of the molecule is CCCC(C)C(=O)N1CC2CC(N)C1C2. The molecule has 15 heavy (non-hydrogen) atoms. The van der Waals surface area contributed by atoms with Crippen molar-refractivity contribution in [1.82, 2.24) is 4.90 Å². The summed E-state index contributed by atoms with van der Waals surface area (Å²) in [5.41, 5.74) is 6.03. The number of likely N-dealkylation sites (tertiary alicyclic amines) is 1. The number of nitrogens with two attached hydrogens (primary N) is 1. The average molecular weight is 210 g/mol. The Balaban J connectivity index is 1.97. The lowest BCUT2D eigenvalue weighted by Gasteiger charge is -2.33. The normalized spacial score (nSPS) is 35.9. The van der Waals surface area contributed by atoms with Gasteiger partial charge in [0.25, 0.3) is 0 Å². The highest BCUT2D eigenvalue weighted by atomic mass is 16.2. The van der Waals surface area contributed by atoms with Gasteiger partial charge in [-0.25, -0.2) is 0 Å². The standard InChI is InChI=1S/C12H22N2O/c1-3-4-8(2)12(15)14-7-9-5-10(13)11(14)6-9/h8-11H,3-7,13H2,1-2H3. The van der Waals surface area contributed by atoms with Crippen molar-refractivity contribution in [2.45, 2.75) is 51.6 Å². The van der Waals surface area contributed by atoms with E-state index in [1.807, 2.05) is 6.92 Å². The average Bonchev–Trinajstić information content (AvgIpc) is 2.75. The summed E-state index contributed by atoms with van der Waals surface area (Å²) in [5.74, 6) is 1.20. The summed E-state index contributed by atoms with van der Waals surface area (Å²) in [6, 6.07) is 0.586. The zero-order chi connectivity index (χ0) is 11.0. The number of carbonyl (C=O) groups is 1. The summed E-state index contributed by atoms with van der Waals surface area (Å²) >= 11 is 0. The van der Waals surface area contributed by atoms with Gasteiger partial charge in [0.2, 0.25) is 5.91 Å². The van der Waals surface area contributed by atoms with Gasteiger partial charge in [-0.05, 0) is 25.2 Å². The van der Waals surface area contributed by atoms with Crippen LogP contribution < -0.4 is 5.73 Å². The Hall–Kier alpha value is -0.570. The lowest BCUT2D eigenvalue weighted by atomic mass is 10.0. The maximum atomic E-state index is 12.1. The van der Waals surface area contributed by atoms with Crippen molar-refractivity contribution in [3.8, 4) is 0 Å². The van der Waals surface area contributed by atoms with Crippen LogP contribution in [0.15, 0.2) is 0 Å². The number of hydrogen-bond donors (Lipinski definition) is 1. The molecule has 1 aliphatic heterocycles. The number of rotatable bonds is 3.